The summed E-state index contributed by atoms with van der Waals surface area (Å²) in [5.74, 6) is -0.419. The van der Waals surface area contributed by atoms with Crippen LogP contribution in [0.25, 0.3) is 23.0 Å². The van der Waals surface area contributed by atoms with Gasteiger partial charge in [0.15, 0.2) is 0 Å². The fourth-order valence-electron chi connectivity index (χ4n) is 3.20. The molecule has 4 aromatic rings. The van der Waals surface area contributed by atoms with Crippen LogP contribution in [-0.4, -0.2) is 15.7 Å². The van der Waals surface area contributed by atoms with Crippen molar-refractivity contribution in [2.24, 2.45) is 0 Å². The van der Waals surface area contributed by atoms with Gasteiger partial charge in [0.05, 0.1) is 11.4 Å². The quantitative estimate of drug-likeness (QED) is 0.372. The van der Waals surface area contributed by atoms with Crippen molar-refractivity contribution in [3.8, 4) is 23.0 Å². The van der Waals surface area contributed by atoms with E-state index in [1.807, 2.05) is 103 Å². The van der Waals surface area contributed by atoms with Gasteiger partial charge in [0.2, 0.25) is 0 Å². The topological polar surface area (TPSA) is 70.7 Å². The molecule has 5 nitrogen and oxygen atoms in total. The number of aromatic nitrogens is 2. The zero-order valence-corrected chi connectivity index (χ0v) is 16.8. The maximum Gasteiger partial charge on any atom is 0.262 e. The Balaban J connectivity index is 1.67. The number of para-hydroxylation sites is 1. The molecule has 0 fully saturated rings. The molecule has 0 unspecified atom stereocenters. The molecule has 0 bridgehead atoms. The Kier molecular flexibility index (Phi) is 6.01. The molecule has 31 heavy (non-hydrogen) atoms. The second kappa shape index (κ2) is 9.38. The number of amides is 1. The van der Waals surface area contributed by atoms with Gasteiger partial charge in [0.1, 0.15) is 11.6 Å². The van der Waals surface area contributed by atoms with Crippen molar-refractivity contribution in [3.05, 3.63) is 114 Å². The van der Waals surface area contributed by atoms with Crippen LogP contribution in [0.15, 0.2) is 103 Å². The first kappa shape index (κ1) is 19.9. The normalized spacial score (nSPS) is 11.0. The monoisotopic (exact) mass is 404 g/mol. The lowest BCUT2D eigenvalue weighted by atomic mass is 10.1. The number of carbonyl (C=O) groups excluding carboxylic acids is 1. The third-order valence-corrected chi connectivity index (χ3v) is 4.77. The molecule has 1 amide bonds. The minimum atomic E-state index is -0.419. The van der Waals surface area contributed by atoms with E-state index in [-0.39, 0.29) is 5.57 Å². The largest absolute Gasteiger partial charge is 0.347 e. The zero-order valence-electron chi connectivity index (χ0n) is 16.8. The average molecular weight is 404 g/mol. The van der Waals surface area contributed by atoms with Crippen molar-refractivity contribution in [2.75, 3.05) is 0 Å². The fraction of sp³-hybridized carbons (Fsp3) is 0.0385. The molecule has 1 N–H and O–H groups in total. The molecule has 0 aliphatic heterocycles. The number of rotatable bonds is 6. The van der Waals surface area contributed by atoms with Gasteiger partial charge in [-0.15, -0.1) is 0 Å². The van der Waals surface area contributed by atoms with Crippen LogP contribution in [0.2, 0.25) is 0 Å². The van der Waals surface area contributed by atoms with E-state index < -0.39 is 5.91 Å². The highest BCUT2D eigenvalue weighted by Crippen LogP contribution is 2.25. The molecule has 1 heterocycles. The minimum Gasteiger partial charge on any atom is -0.347 e. The van der Waals surface area contributed by atoms with E-state index in [1.54, 1.807) is 10.8 Å². The summed E-state index contributed by atoms with van der Waals surface area (Å²) < 4.78 is 1.75. The van der Waals surface area contributed by atoms with Crippen LogP contribution in [0.1, 0.15) is 11.1 Å². The zero-order chi connectivity index (χ0) is 21.5. The predicted molar refractivity (Wildman–Crippen MR) is 121 cm³/mol. The number of nitrogens with one attached hydrogen (secondary N) is 1. The van der Waals surface area contributed by atoms with Crippen LogP contribution in [0.3, 0.4) is 0 Å². The van der Waals surface area contributed by atoms with Gasteiger partial charge in [-0.25, -0.2) is 4.68 Å². The molecule has 150 valence electrons. The van der Waals surface area contributed by atoms with Crippen molar-refractivity contribution < 1.29 is 4.79 Å². The van der Waals surface area contributed by atoms with Gasteiger partial charge in [0.25, 0.3) is 5.91 Å². The maximum atomic E-state index is 12.6. The molecule has 0 aliphatic rings. The third-order valence-electron chi connectivity index (χ3n) is 4.77. The number of benzene rings is 3. The van der Waals surface area contributed by atoms with Crippen LogP contribution in [0.5, 0.6) is 0 Å². The number of hydrogen-bond donors (Lipinski definition) is 1. The number of nitriles is 1. The van der Waals surface area contributed by atoms with E-state index >= 15 is 0 Å². The first-order valence-electron chi connectivity index (χ1n) is 9.89. The smallest absolute Gasteiger partial charge is 0.262 e. The summed E-state index contributed by atoms with van der Waals surface area (Å²) in [5.41, 5.74) is 4.20. The summed E-state index contributed by atoms with van der Waals surface area (Å²) in [6, 6.07) is 31.0. The third kappa shape index (κ3) is 4.77. The van der Waals surface area contributed by atoms with Gasteiger partial charge < -0.3 is 5.32 Å². The Hall–Kier alpha value is -4.43. The van der Waals surface area contributed by atoms with Crippen molar-refractivity contribution in [1.82, 2.24) is 15.1 Å². The Morgan fingerprint density at radius 3 is 2.19 bits per heavy atom. The fourth-order valence-corrected chi connectivity index (χ4v) is 3.20. The van der Waals surface area contributed by atoms with Crippen molar-refractivity contribution in [3.63, 3.8) is 0 Å². The number of nitrogens with zero attached hydrogens (tertiary/aromatic N) is 3. The molecule has 0 saturated carbocycles. The molecular weight excluding hydrogens is 384 g/mol. The molecule has 1 aromatic heterocycles. The second-order valence-corrected chi connectivity index (χ2v) is 6.92. The maximum absolute atomic E-state index is 12.6. The van der Waals surface area contributed by atoms with Gasteiger partial charge in [-0.05, 0) is 23.8 Å². The molecular formula is C26H20N4O. The Labute approximate surface area is 180 Å². The van der Waals surface area contributed by atoms with Crippen molar-refractivity contribution >= 4 is 12.0 Å². The first-order valence-corrected chi connectivity index (χ1v) is 9.89. The summed E-state index contributed by atoms with van der Waals surface area (Å²) in [5, 5.41) is 17.2. The second-order valence-electron chi connectivity index (χ2n) is 6.92. The van der Waals surface area contributed by atoms with E-state index in [0.717, 1.165) is 16.8 Å². The molecule has 0 spiro atoms. The molecule has 3 aromatic carbocycles. The SMILES string of the molecule is N#CC(=Cc1cn(-c2ccccc2)nc1-c1ccccc1)C(=O)NCc1ccccc1. The van der Waals surface area contributed by atoms with E-state index in [1.165, 1.54) is 0 Å². The molecule has 0 radical (unpaired) electrons. The standard InChI is InChI=1S/C26H20N4O/c27-17-22(26(31)28-18-20-10-4-1-5-11-20)16-23-19-30(24-14-8-3-9-15-24)29-25(23)21-12-6-2-7-13-21/h1-16,19H,18H2,(H,28,31). The lowest BCUT2D eigenvalue weighted by Crippen LogP contribution is -2.23. The summed E-state index contributed by atoms with van der Waals surface area (Å²) >= 11 is 0. The Morgan fingerprint density at radius 1 is 0.935 bits per heavy atom. The first-order chi connectivity index (χ1) is 15.2. The highest BCUT2D eigenvalue weighted by Gasteiger charge is 2.15. The number of carbonyl (C=O) groups is 1. The lowest BCUT2D eigenvalue weighted by molar-refractivity contribution is -0.117. The Morgan fingerprint density at radius 2 is 1.55 bits per heavy atom. The van der Waals surface area contributed by atoms with E-state index in [0.29, 0.717) is 17.8 Å². The highest BCUT2D eigenvalue weighted by atomic mass is 16.1. The summed E-state index contributed by atoms with van der Waals surface area (Å²) in [6.45, 7) is 0.355. The van der Waals surface area contributed by atoms with Gasteiger partial charge >= 0.3 is 0 Å². The van der Waals surface area contributed by atoms with E-state index in [2.05, 4.69) is 5.32 Å². The lowest BCUT2D eigenvalue weighted by Gasteiger charge is -2.04. The van der Waals surface area contributed by atoms with Gasteiger partial charge in [0, 0.05) is 23.9 Å². The molecule has 0 atom stereocenters. The molecule has 0 aliphatic carbocycles. The van der Waals surface area contributed by atoms with Crippen LogP contribution in [0, 0.1) is 11.3 Å². The molecule has 5 heteroatoms. The van der Waals surface area contributed by atoms with Crippen LogP contribution >= 0.6 is 0 Å². The highest BCUT2D eigenvalue weighted by molar-refractivity contribution is 6.02. The Bertz CT molecular complexity index is 1240. The van der Waals surface area contributed by atoms with E-state index in [9.17, 15) is 10.1 Å². The summed E-state index contributed by atoms with van der Waals surface area (Å²) in [4.78, 5) is 12.6. The predicted octanol–water partition coefficient (Wildman–Crippen LogP) is 4.76. The van der Waals surface area contributed by atoms with Crippen molar-refractivity contribution in [2.45, 2.75) is 6.54 Å². The molecule has 4 rings (SSSR count). The van der Waals surface area contributed by atoms with Gasteiger partial charge in [-0.1, -0.05) is 78.9 Å². The van der Waals surface area contributed by atoms with Crippen molar-refractivity contribution in [1.29, 1.82) is 5.26 Å². The van der Waals surface area contributed by atoms with Crippen LogP contribution in [0.4, 0.5) is 0 Å². The van der Waals surface area contributed by atoms with Crippen LogP contribution < -0.4 is 5.32 Å². The molecule has 0 saturated heterocycles. The minimum absolute atomic E-state index is 0.0284. The van der Waals surface area contributed by atoms with Gasteiger partial charge in [-0.3, -0.25) is 4.79 Å². The summed E-state index contributed by atoms with van der Waals surface area (Å²) in [7, 11) is 0. The average Bonchev–Trinajstić information content (AvgIpc) is 3.27. The van der Waals surface area contributed by atoms with Crippen LogP contribution in [-0.2, 0) is 11.3 Å². The van der Waals surface area contributed by atoms with Gasteiger partial charge in [-0.2, -0.15) is 10.4 Å². The van der Waals surface area contributed by atoms with E-state index in [4.69, 9.17) is 5.10 Å². The number of hydrogen-bond acceptors (Lipinski definition) is 3. The summed E-state index contributed by atoms with van der Waals surface area (Å²) in [6.07, 6.45) is 3.43.